The summed E-state index contributed by atoms with van der Waals surface area (Å²) in [6, 6.07) is 7.69. The maximum atomic E-state index is 12.3. The Balaban J connectivity index is 3.22. The van der Waals surface area contributed by atoms with E-state index in [1.165, 1.54) is 18.2 Å². The van der Waals surface area contributed by atoms with Crippen LogP contribution in [0.5, 0.6) is 0 Å². The summed E-state index contributed by atoms with van der Waals surface area (Å²) in [5.74, 6) is 0. The van der Waals surface area contributed by atoms with Gasteiger partial charge < -0.3 is 0 Å². The van der Waals surface area contributed by atoms with Crippen molar-refractivity contribution in [3.05, 3.63) is 28.8 Å². The van der Waals surface area contributed by atoms with Gasteiger partial charge in [0.2, 0.25) is 10.0 Å². The number of nitriles is 2. The van der Waals surface area contributed by atoms with Gasteiger partial charge in [-0.15, -0.1) is 0 Å². The Morgan fingerprint density at radius 3 is 2.30 bits per heavy atom. The molecule has 0 radical (unpaired) electrons. The molecule has 106 valence electrons. The number of hydrogen-bond donors (Lipinski definition) is 1. The molecule has 0 aliphatic carbocycles. The van der Waals surface area contributed by atoms with E-state index in [-0.39, 0.29) is 15.5 Å². The molecule has 1 aromatic carbocycles. The van der Waals surface area contributed by atoms with Crippen LogP contribution in [0, 0.1) is 22.7 Å². The Kier molecular flexibility index (Phi) is 5.13. The van der Waals surface area contributed by atoms with Crippen LogP contribution in [-0.4, -0.2) is 14.0 Å². The molecule has 1 aromatic rings. The largest absolute Gasteiger partial charge is 0.241 e. The lowest BCUT2D eigenvalue weighted by Gasteiger charge is -2.24. The highest BCUT2D eigenvalue weighted by Gasteiger charge is 2.32. The van der Waals surface area contributed by atoms with Crippen molar-refractivity contribution in [2.75, 3.05) is 0 Å². The molecule has 1 N–H and O–H groups in total. The highest BCUT2D eigenvalue weighted by molar-refractivity contribution is 7.89. The van der Waals surface area contributed by atoms with Crippen LogP contribution in [0.25, 0.3) is 0 Å². The number of nitrogens with one attached hydrogen (secondary N) is 1. The third kappa shape index (κ3) is 3.29. The Bertz CT molecular complexity index is 683. The van der Waals surface area contributed by atoms with Gasteiger partial charge in [-0.3, -0.25) is 0 Å². The smallest absolute Gasteiger partial charge is 0.207 e. The summed E-state index contributed by atoms with van der Waals surface area (Å²) in [6.07, 6.45) is 0.701. The summed E-state index contributed by atoms with van der Waals surface area (Å²) in [5, 5.41) is 18.0. The van der Waals surface area contributed by atoms with Gasteiger partial charge in [0.1, 0.15) is 11.6 Å². The molecule has 0 aliphatic rings. The van der Waals surface area contributed by atoms with E-state index in [2.05, 4.69) is 4.72 Å². The van der Waals surface area contributed by atoms with Crippen molar-refractivity contribution in [2.45, 2.75) is 37.1 Å². The monoisotopic (exact) mass is 311 g/mol. The molecule has 1 rings (SSSR count). The lowest BCUT2D eigenvalue weighted by molar-refractivity contribution is 0.446. The molecule has 0 unspecified atom stereocenters. The number of sulfonamides is 1. The molecule has 0 bridgehead atoms. The molecule has 0 spiro atoms. The normalized spacial score (nSPS) is 11.7. The maximum Gasteiger partial charge on any atom is 0.241 e. The fraction of sp³-hybridized carbons (Fsp3) is 0.385. The summed E-state index contributed by atoms with van der Waals surface area (Å²) in [6.45, 7) is 3.47. The van der Waals surface area contributed by atoms with Crippen LogP contribution in [0.3, 0.4) is 0 Å². The van der Waals surface area contributed by atoms with Gasteiger partial charge in [0.15, 0.2) is 0 Å². The van der Waals surface area contributed by atoms with Gasteiger partial charge in [0, 0.05) is 0 Å². The molecule has 0 saturated carbocycles. The van der Waals surface area contributed by atoms with E-state index in [0.29, 0.717) is 12.8 Å². The summed E-state index contributed by atoms with van der Waals surface area (Å²) >= 11 is 5.83. The van der Waals surface area contributed by atoms with Crippen LogP contribution >= 0.6 is 11.6 Å². The van der Waals surface area contributed by atoms with Crippen molar-refractivity contribution in [3.63, 3.8) is 0 Å². The fourth-order valence-corrected chi connectivity index (χ4v) is 3.42. The number of hydrogen-bond acceptors (Lipinski definition) is 4. The molecule has 0 fully saturated rings. The van der Waals surface area contributed by atoms with Crippen LogP contribution in [-0.2, 0) is 10.0 Å². The van der Waals surface area contributed by atoms with Crippen molar-refractivity contribution >= 4 is 21.6 Å². The molecule has 0 aromatic heterocycles. The highest BCUT2D eigenvalue weighted by Crippen LogP contribution is 2.23. The Hall–Kier alpha value is -1.60. The zero-order valence-electron chi connectivity index (χ0n) is 11.1. The minimum Gasteiger partial charge on any atom is -0.207 e. The lowest BCUT2D eigenvalue weighted by Crippen LogP contribution is -2.46. The van der Waals surface area contributed by atoms with Crippen molar-refractivity contribution in [2.24, 2.45) is 0 Å². The van der Waals surface area contributed by atoms with Crippen LogP contribution < -0.4 is 4.72 Å². The first-order chi connectivity index (χ1) is 9.34. The predicted molar refractivity (Wildman–Crippen MR) is 75.4 cm³/mol. The van der Waals surface area contributed by atoms with Crippen molar-refractivity contribution in [3.8, 4) is 12.1 Å². The molecule has 0 amide bonds. The second-order valence-electron chi connectivity index (χ2n) is 4.26. The van der Waals surface area contributed by atoms with Crippen molar-refractivity contribution < 1.29 is 8.42 Å². The second kappa shape index (κ2) is 6.23. The zero-order chi connectivity index (χ0) is 15.4. The zero-order valence-corrected chi connectivity index (χ0v) is 12.7. The first kappa shape index (κ1) is 16.5. The van der Waals surface area contributed by atoms with E-state index in [9.17, 15) is 13.7 Å². The minimum absolute atomic E-state index is 0.0610. The minimum atomic E-state index is -3.87. The third-order valence-corrected chi connectivity index (χ3v) is 4.97. The van der Waals surface area contributed by atoms with Crippen LogP contribution in [0.15, 0.2) is 23.1 Å². The Morgan fingerprint density at radius 1 is 1.30 bits per heavy atom. The second-order valence-corrected chi connectivity index (χ2v) is 6.35. The van der Waals surface area contributed by atoms with E-state index < -0.39 is 15.6 Å². The molecule has 5 nitrogen and oxygen atoms in total. The SMILES string of the molecule is CCC(C#N)(CC)NS(=O)(=O)c1ccc(C#N)c(Cl)c1. The standard InChI is InChI=1S/C13H14ClN3O2S/c1-3-13(4-2,9-16)17-20(18,19)11-6-5-10(8-15)12(14)7-11/h5-7,17H,3-4H2,1-2H3. The molecular formula is C13H14ClN3O2S. The average Bonchev–Trinajstić information content (AvgIpc) is 2.44. The topological polar surface area (TPSA) is 93.8 Å². The average molecular weight is 312 g/mol. The molecular weight excluding hydrogens is 298 g/mol. The van der Waals surface area contributed by atoms with E-state index >= 15 is 0 Å². The Morgan fingerprint density at radius 2 is 1.90 bits per heavy atom. The van der Waals surface area contributed by atoms with Gasteiger partial charge in [-0.25, -0.2) is 8.42 Å². The maximum absolute atomic E-state index is 12.3. The van der Waals surface area contributed by atoms with Crippen molar-refractivity contribution in [1.29, 1.82) is 10.5 Å². The predicted octanol–water partition coefficient (Wildman–Crippen LogP) is 2.57. The molecule has 20 heavy (non-hydrogen) atoms. The van der Waals surface area contributed by atoms with Crippen molar-refractivity contribution in [1.82, 2.24) is 4.72 Å². The summed E-state index contributed by atoms with van der Waals surface area (Å²) in [4.78, 5) is -0.0666. The van der Waals surface area contributed by atoms with E-state index in [0.717, 1.165) is 0 Å². The summed E-state index contributed by atoms with van der Waals surface area (Å²) in [7, 11) is -3.87. The molecule has 0 saturated heterocycles. The highest BCUT2D eigenvalue weighted by atomic mass is 35.5. The number of rotatable bonds is 5. The van der Waals surface area contributed by atoms with Gasteiger partial charge in [0.25, 0.3) is 0 Å². The van der Waals surface area contributed by atoms with E-state index in [1.54, 1.807) is 13.8 Å². The van der Waals surface area contributed by atoms with Crippen LogP contribution in [0.1, 0.15) is 32.3 Å². The fourth-order valence-electron chi connectivity index (χ4n) is 1.65. The molecule has 0 aliphatic heterocycles. The third-order valence-electron chi connectivity index (χ3n) is 3.12. The van der Waals surface area contributed by atoms with E-state index in [4.69, 9.17) is 16.9 Å². The number of halogens is 1. The van der Waals surface area contributed by atoms with E-state index in [1.807, 2.05) is 12.1 Å². The van der Waals surface area contributed by atoms with Gasteiger partial charge in [-0.05, 0) is 31.0 Å². The van der Waals surface area contributed by atoms with Crippen LogP contribution in [0.4, 0.5) is 0 Å². The molecule has 7 heteroatoms. The molecule has 0 atom stereocenters. The van der Waals surface area contributed by atoms with Gasteiger partial charge >= 0.3 is 0 Å². The van der Waals surface area contributed by atoms with Gasteiger partial charge in [0.05, 0.1) is 21.6 Å². The van der Waals surface area contributed by atoms with Crippen LogP contribution in [0.2, 0.25) is 5.02 Å². The number of nitrogens with zero attached hydrogens (tertiary/aromatic N) is 2. The first-order valence-electron chi connectivity index (χ1n) is 5.99. The van der Waals surface area contributed by atoms with Gasteiger partial charge in [-0.2, -0.15) is 15.2 Å². The Labute approximate surface area is 123 Å². The number of benzene rings is 1. The molecule has 0 heterocycles. The summed E-state index contributed by atoms with van der Waals surface area (Å²) in [5.41, 5.74) is -0.942. The van der Waals surface area contributed by atoms with Gasteiger partial charge in [-0.1, -0.05) is 25.4 Å². The first-order valence-corrected chi connectivity index (χ1v) is 7.85. The summed E-state index contributed by atoms with van der Waals surface area (Å²) < 4.78 is 27.0. The quantitative estimate of drug-likeness (QED) is 0.904. The lowest BCUT2D eigenvalue weighted by atomic mass is 9.97.